The standard InChI is InChI=1S/C18H19N7O2S/c1-3-16(26)20-13-7-9-14(10-8-13)25-18(22-23-24-25)28-11-17(27)21-15-6-4-5-12(2)19-15/h4-10H,3,11H2,1-2H3,(H,20,26)(H,19,21,27). The van der Waals surface area contributed by atoms with E-state index in [0.717, 1.165) is 11.4 Å². The predicted molar refractivity (Wildman–Crippen MR) is 106 cm³/mol. The number of carbonyl (C=O) groups excluding carboxylic acids is 2. The van der Waals surface area contributed by atoms with Gasteiger partial charge in [-0.2, -0.15) is 4.68 Å². The molecule has 2 amide bonds. The van der Waals surface area contributed by atoms with Gasteiger partial charge in [-0.25, -0.2) is 4.98 Å². The number of tetrazole rings is 1. The summed E-state index contributed by atoms with van der Waals surface area (Å²) >= 11 is 1.22. The van der Waals surface area contributed by atoms with E-state index in [1.54, 1.807) is 37.3 Å². The molecule has 10 heteroatoms. The van der Waals surface area contributed by atoms with Gasteiger partial charge in [0.25, 0.3) is 0 Å². The highest BCUT2D eigenvalue weighted by atomic mass is 32.2. The molecular formula is C18H19N7O2S. The average molecular weight is 397 g/mol. The van der Waals surface area contributed by atoms with Crippen LogP contribution in [0.3, 0.4) is 0 Å². The van der Waals surface area contributed by atoms with Gasteiger partial charge >= 0.3 is 0 Å². The van der Waals surface area contributed by atoms with Crippen LogP contribution in [0.5, 0.6) is 0 Å². The number of rotatable bonds is 7. The molecule has 0 spiro atoms. The summed E-state index contributed by atoms with van der Waals surface area (Å²) in [7, 11) is 0. The van der Waals surface area contributed by atoms with Gasteiger partial charge in [0.15, 0.2) is 0 Å². The monoisotopic (exact) mass is 397 g/mol. The Morgan fingerprint density at radius 1 is 1.07 bits per heavy atom. The Bertz CT molecular complexity index is 972. The largest absolute Gasteiger partial charge is 0.326 e. The fourth-order valence-corrected chi connectivity index (χ4v) is 2.98. The van der Waals surface area contributed by atoms with E-state index in [-0.39, 0.29) is 17.6 Å². The minimum atomic E-state index is -0.199. The predicted octanol–water partition coefficient (Wildman–Crippen LogP) is 2.45. The SMILES string of the molecule is CCC(=O)Nc1ccc(-n2nnnc2SCC(=O)Nc2cccc(C)n2)cc1. The van der Waals surface area contributed by atoms with Gasteiger partial charge in [-0.1, -0.05) is 24.8 Å². The highest BCUT2D eigenvalue weighted by Crippen LogP contribution is 2.20. The number of thioether (sulfide) groups is 1. The summed E-state index contributed by atoms with van der Waals surface area (Å²) < 4.78 is 1.54. The summed E-state index contributed by atoms with van der Waals surface area (Å²) in [6.45, 7) is 3.65. The molecule has 2 N–H and O–H groups in total. The molecule has 3 aromatic rings. The maximum atomic E-state index is 12.2. The van der Waals surface area contributed by atoms with Crippen LogP contribution >= 0.6 is 11.8 Å². The van der Waals surface area contributed by atoms with E-state index in [2.05, 4.69) is 31.1 Å². The molecule has 0 atom stereocenters. The number of amides is 2. The Balaban J connectivity index is 1.62. The van der Waals surface area contributed by atoms with E-state index >= 15 is 0 Å². The summed E-state index contributed by atoms with van der Waals surface area (Å²) in [5.41, 5.74) is 2.25. The number of carbonyl (C=O) groups is 2. The van der Waals surface area contributed by atoms with Crippen LogP contribution in [0.2, 0.25) is 0 Å². The lowest BCUT2D eigenvalue weighted by Gasteiger charge is -2.07. The number of anilines is 2. The number of pyridine rings is 1. The zero-order valence-electron chi connectivity index (χ0n) is 15.4. The van der Waals surface area contributed by atoms with Crippen molar-refractivity contribution in [3.63, 3.8) is 0 Å². The van der Waals surface area contributed by atoms with Gasteiger partial charge in [0.05, 0.1) is 11.4 Å². The third-order valence-corrected chi connectivity index (χ3v) is 4.57. The second kappa shape index (κ2) is 9.09. The van der Waals surface area contributed by atoms with Crippen molar-refractivity contribution in [2.45, 2.75) is 25.4 Å². The van der Waals surface area contributed by atoms with E-state index in [1.165, 1.54) is 16.4 Å². The fraction of sp³-hybridized carbons (Fsp3) is 0.222. The first-order valence-electron chi connectivity index (χ1n) is 8.60. The Hall–Kier alpha value is -3.27. The third kappa shape index (κ3) is 5.13. The van der Waals surface area contributed by atoms with Crippen LogP contribution in [0.1, 0.15) is 19.0 Å². The zero-order valence-corrected chi connectivity index (χ0v) is 16.2. The highest BCUT2D eigenvalue weighted by Gasteiger charge is 2.12. The molecule has 0 aliphatic carbocycles. The molecule has 0 saturated heterocycles. The molecule has 2 aromatic heterocycles. The highest BCUT2D eigenvalue weighted by molar-refractivity contribution is 7.99. The first-order chi connectivity index (χ1) is 13.5. The summed E-state index contributed by atoms with van der Waals surface area (Å²) in [5, 5.41) is 17.6. The van der Waals surface area contributed by atoms with Crippen molar-refractivity contribution in [2.24, 2.45) is 0 Å². The molecule has 9 nitrogen and oxygen atoms in total. The first-order valence-corrected chi connectivity index (χ1v) is 9.58. The van der Waals surface area contributed by atoms with Gasteiger partial charge in [-0.3, -0.25) is 9.59 Å². The van der Waals surface area contributed by atoms with Crippen LogP contribution in [0.15, 0.2) is 47.6 Å². The molecule has 3 rings (SSSR count). The van der Waals surface area contributed by atoms with Gasteiger partial charge < -0.3 is 10.6 Å². The first kappa shape index (κ1) is 19.5. The molecule has 28 heavy (non-hydrogen) atoms. The van der Waals surface area contributed by atoms with Gasteiger partial charge in [-0.15, -0.1) is 5.10 Å². The number of hydrogen-bond acceptors (Lipinski definition) is 7. The summed E-state index contributed by atoms with van der Waals surface area (Å²) in [6.07, 6.45) is 0.412. The van der Waals surface area contributed by atoms with E-state index in [1.807, 2.05) is 19.1 Å². The van der Waals surface area contributed by atoms with Crippen LogP contribution in [-0.4, -0.2) is 42.8 Å². The van der Waals surface area contributed by atoms with Crippen molar-refractivity contribution in [3.8, 4) is 5.69 Å². The molecule has 144 valence electrons. The number of nitrogens with one attached hydrogen (secondary N) is 2. The topological polar surface area (TPSA) is 115 Å². The van der Waals surface area contributed by atoms with E-state index < -0.39 is 0 Å². The van der Waals surface area contributed by atoms with Crippen molar-refractivity contribution in [3.05, 3.63) is 48.2 Å². The molecule has 0 saturated carbocycles. The zero-order chi connectivity index (χ0) is 19.9. The second-order valence-electron chi connectivity index (χ2n) is 5.82. The van der Waals surface area contributed by atoms with Crippen LogP contribution in [0.25, 0.3) is 5.69 Å². The Morgan fingerprint density at radius 2 is 1.86 bits per heavy atom. The minimum Gasteiger partial charge on any atom is -0.326 e. The molecular weight excluding hydrogens is 378 g/mol. The fourth-order valence-electron chi connectivity index (χ4n) is 2.29. The lowest BCUT2D eigenvalue weighted by molar-refractivity contribution is -0.116. The van der Waals surface area contributed by atoms with Crippen molar-refractivity contribution in [1.82, 2.24) is 25.2 Å². The molecule has 0 radical (unpaired) electrons. The molecule has 0 aliphatic rings. The quantitative estimate of drug-likeness (QED) is 0.588. The van der Waals surface area contributed by atoms with Crippen LogP contribution in [-0.2, 0) is 9.59 Å². The molecule has 0 bridgehead atoms. The van der Waals surface area contributed by atoms with Crippen LogP contribution in [0.4, 0.5) is 11.5 Å². The number of benzene rings is 1. The van der Waals surface area contributed by atoms with Gasteiger partial charge in [0.2, 0.25) is 17.0 Å². The Morgan fingerprint density at radius 3 is 2.57 bits per heavy atom. The lowest BCUT2D eigenvalue weighted by Crippen LogP contribution is -2.15. The number of nitrogens with zero attached hydrogens (tertiary/aromatic N) is 5. The maximum Gasteiger partial charge on any atom is 0.236 e. The van der Waals surface area contributed by atoms with Gasteiger partial charge in [0, 0.05) is 17.8 Å². The molecule has 1 aromatic carbocycles. The Labute approximate surface area is 165 Å². The summed E-state index contributed by atoms with van der Waals surface area (Å²) in [4.78, 5) is 27.8. The van der Waals surface area contributed by atoms with Crippen molar-refractivity contribution >= 4 is 35.1 Å². The number of aryl methyl sites for hydroxylation is 1. The molecule has 0 fully saturated rings. The molecule has 0 unspecified atom stereocenters. The van der Waals surface area contributed by atoms with Crippen molar-refractivity contribution < 1.29 is 9.59 Å². The molecule has 2 heterocycles. The summed E-state index contributed by atoms with van der Waals surface area (Å²) in [5.74, 6) is 0.395. The van der Waals surface area contributed by atoms with E-state index in [0.29, 0.717) is 23.1 Å². The van der Waals surface area contributed by atoms with E-state index in [4.69, 9.17) is 0 Å². The van der Waals surface area contributed by atoms with Crippen LogP contribution in [0, 0.1) is 6.92 Å². The van der Waals surface area contributed by atoms with Gasteiger partial charge in [-0.05, 0) is 53.7 Å². The minimum absolute atomic E-state index is 0.0551. The number of hydrogen-bond donors (Lipinski definition) is 2. The molecule has 0 aliphatic heterocycles. The lowest BCUT2D eigenvalue weighted by atomic mass is 10.2. The van der Waals surface area contributed by atoms with Crippen molar-refractivity contribution in [1.29, 1.82) is 0 Å². The van der Waals surface area contributed by atoms with Gasteiger partial charge in [0.1, 0.15) is 5.82 Å². The normalized spacial score (nSPS) is 10.5. The Kier molecular flexibility index (Phi) is 6.33. The number of aromatic nitrogens is 5. The summed E-state index contributed by atoms with van der Waals surface area (Å²) in [6, 6.07) is 12.6. The average Bonchev–Trinajstić information content (AvgIpc) is 3.15. The maximum absolute atomic E-state index is 12.2. The third-order valence-electron chi connectivity index (χ3n) is 3.65. The van der Waals surface area contributed by atoms with Crippen LogP contribution < -0.4 is 10.6 Å². The van der Waals surface area contributed by atoms with Crippen molar-refractivity contribution in [2.75, 3.05) is 16.4 Å². The smallest absolute Gasteiger partial charge is 0.236 e. The second-order valence-corrected chi connectivity index (χ2v) is 6.77. The van der Waals surface area contributed by atoms with E-state index in [9.17, 15) is 9.59 Å².